The molecule has 0 bridgehead atoms. The average Bonchev–Trinajstić information content (AvgIpc) is 2.60. The highest BCUT2D eigenvalue weighted by Gasteiger charge is 2.51. The van der Waals surface area contributed by atoms with E-state index in [2.05, 4.69) is 24.5 Å². The van der Waals surface area contributed by atoms with Gasteiger partial charge in [0.2, 0.25) is 5.91 Å². The maximum absolute atomic E-state index is 11.8. The SMILES string of the molecule is CO[C@H]1CNCC1NC(=O)C1CC1(C)C. The summed E-state index contributed by atoms with van der Waals surface area (Å²) < 4.78 is 5.30. The Labute approximate surface area is 90.8 Å². The fourth-order valence-corrected chi connectivity index (χ4v) is 2.24. The standard InChI is InChI=1S/C11H20N2O2/c1-11(2)4-7(11)10(14)13-8-5-12-6-9(8)15-3/h7-9,12H,4-6H2,1-3H3,(H,13,14)/t7?,8?,9-/m0/s1. The van der Waals surface area contributed by atoms with Gasteiger partial charge in [-0.25, -0.2) is 0 Å². The van der Waals surface area contributed by atoms with Crippen molar-refractivity contribution in [3.8, 4) is 0 Å². The van der Waals surface area contributed by atoms with Crippen molar-refractivity contribution in [2.75, 3.05) is 20.2 Å². The highest BCUT2D eigenvalue weighted by molar-refractivity contribution is 5.82. The van der Waals surface area contributed by atoms with E-state index in [9.17, 15) is 4.79 Å². The van der Waals surface area contributed by atoms with Crippen LogP contribution >= 0.6 is 0 Å². The molecular formula is C11H20N2O2. The summed E-state index contributed by atoms with van der Waals surface area (Å²) in [4.78, 5) is 11.8. The molecular weight excluding hydrogens is 192 g/mol. The Morgan fingerprint density at radius 3 is 2.67 bits per heavy atom. The third kappa shape index (κ3) is 2.16. The second-order valence-corrected chi connectivity index (χ2v) is 5.29. The molecule has 1 saturated heterocycles. The van der Waals surface area contributed by atoms with E-state index >= 15 is 0 Å². The molecule has 0 spiro atoms. The Morgan fingerprint density at radius 2 is 2.13 bits per heavy atom. The van der Waals surface area contributed by atoms with Crippen LogP contribution in [0.5, 0.6) is 0 Å². The molecule has 1 amide bonds. The van der Waals surface area contributed by atoms with E-state index in [1.54, 1.807) is 7.11 Å². The number of carbonyl (C=O) groups excluding carboxylic acids is 1. The van der Waals surface area contributed by atoms with Crippen molar-refractivity contribution >= 4 is 5.91 Å². The lowest BCUT2D eigenvalue weighted by molar-refractivity contribution is -0.124. The highest BCUT2D eigenvalue weighted by atomic mass is 16.5. The zero-order valence-corrected chi connectivity index (χ0v) is 9.67. The van der Waals surface area contributed by atoms with E-state index in [0.29, 0.717) is 0 Å². The van der Waals surface area contributed by atoms with Gasteiger partial charge in [0.05, 0.1) is 12.1 Å². The van der Waals surface area contributed by atoms with Crippen LogP contribution in [0.1, 0.15) is 20.3 Å². The van der Waals surface area contributed by atoms with Crippen LogP contribution in [0.25, 0.3) is 0 Å². The summed E-state index contributed by atoms with van der Waals surface area (Å²) in [6.07, 6.45) is 1.13. The van der Waals surface area contributed by atoms with E-state index < -0.39 is 0 Å². The topological polar surface area (TPSA) is 50.4 Å². The first-order chi connectivity index (χ1) is 7.04. The normalized spacial score (nSPS) is 37.7. The van der Waals surface area contributed by atoms with Crippen LogP contribution in [0.4, 0.5) is 0 Å². The van der Waals surface area contributed by atoms with Gasteiger partial charge in [-0.2, -0.15) is 0 Å². The predicted octanol–water partition coefficient (Wildman–Crippen LogP) is 0.135. The van der Waals surface area contributed by atoms with Crippen LogP contribution in [-0.4, -0.2) is 38.3 Å². The van der Waals surface area contributed by atoms with E-state index in [4.69, 9.17) is 4.74 Å². The van der Waals surface area contributed by atoms with Gasteiger partial charge in [0, 0.05) is 26.1 Å². The molecule has 0 aromatic carbocycles. The molecule has 2 fully saturated rings. The lowest BCUT2D eigenvalue weighted by atomic mass is 10.1. The van der Waals surface area contributed by atoms with Crippen LogP contribution < -0.4 is 10.6 Å². The minimum Gasteiger partial charge on any atom is -0.378 e. The molecule has 4 heteroatoms. The van der Waals surface area contributed by atoms with Crippen molar-refractivity contribution in [3.63, 3.8) is 0 Å². The second-order valence-electron chi connectivity index (χ2n) is 5.29. The predicted molar refractivity (Wildman–Crippen MR) is 57.5 cm³/mol. The van der Waals surface area contributed by atoms with E-state index in [0.717, 1.165) is 19.5 Å². The quantitative estimate of drug-likeness (QED) is 0.699. The molecule has 3 atom stereocenters. The van der Waals surface area contributed by atoms with Gasteiger partial charge in [0.1, 0.15) is 0 Å². The van der Waals surface area contributed by atoms with Crippen molar-refractivity contribution in [1.29, 1.82) is 0 Å². The first-order valence-corrected chi connectivity index (χ1v) is 5.58. The number of amides is 1. The van der Waals surface area contributed by atoms with Crippen LogP contribution in [0.3, 0.4) is 0 Å². The van der Waals surface area contributed by atoms with Gasteiger partial charge in [-0.05, 0) is 11.8 Å². The van der Waals surface area contributed by atoms with Gasteiger partial charge >= 0.3 is 0 Å². The first kappa shape index (κ1) is 10.9. The zero-order chi connectivity index (χ0) is 11.1. The molecule has 2 aliphatic rings. The van der Waals surface area contributed by atoms with Gasteiger partial charge < -0.3 is 15.4 Å². The minimum absolute atomic E-state index is 0.121. The van der Waals surface area contributed by atoms with Crippen LogP contribution in [0.2, 0.25) is 0 Å². The van der Waals surface area contributed by atoms with Crippen LogP contribution in [0.15, 0.2) is 0 Å². The average molecular weight is 212 g/mol. The molecule has 0 aromatic rings. The van der Waals surface area contributed by atoms with Crippen LogP contribution in [0, 0.1) is 11.3 Å². The monoisotopic (exact) mass is 212 g/mol. The zero-order valence-electron chi connectivity index (χ0n) is 9.67. The molecule has 0 aromatic heterocycles. The van der Waals surface area contributed by atoms with Crippen molar-refractivity contribution in [2.24, 2.45) is 11.3 Å². The summed E-state index contributed by atoms with van der Waals surface area (Å²) in [5.41, 5.74) is 0.207. The Bertz CT molecular complexity index is 265. The molecule has 0 radical (unpaired) electrons. The van der Waals surface area contributed by atoms with E-state index in [-0.39, 0.29) is 29.4 Å². The number of ether oxygens (including phenoxy) is 1. The lowest BCUT2D eigenvalue weighted by Crippen LogP contribution is -2.44. The molecule has 86 valence electrons. The minimum atomic E-state index is 0.121. The number of carbonyl (C=O) groups is 1. The number of methoxy groups -OCH3 is 1. The number of nitrogens with one attached hydrogen (secondary N) is 2. The van der Waals surface area contributed by atoms with Gasteiger partial charge in [-0.1, -0.05) is 13.8 Å². The van der Waals surface area contributed by atoms with Gasteiger partial charge in [-0.3, -0.25) is 4.79 Å². The summed E-state index contributed by atoms with van der Waals surface area (Å²) >= 11 is 0. The molecule has 1 saturated carbocycles. The van der Waals surface area contributed by atoms with Crippen LogP contribution in [-0.2, 0) is 9.53 Å². The highest BCUT2D eigenvalue weighted by Crippen LogP contribution is 2.51. The number of hydrogen-bond acceptors (Lipinski definition) is 3. The van der Waals surface area contributed by atoms with Crippen molar-refractivity contribution in [3.05, 3.63) is 0 Å². The maximum atomic E-state index is 11.8. The Morgan fingerprint density at radius 1 is 1.47 bits per heavy atom. The van der Waals surface area contributed by atoms with Gasteiger partial charge in [-0.15, -0.1) is 0 Å². The van der Waals surface area contributed by atoms with E-state index in [1.165, 1.54) is 0 Å². The Kier molecular flexibility index (Phi) is 2.73. The summed E-state index contributed by atoms with van der Waals surface area (Å²) in [5.74, 6) is 0.395. The van der Waals surface area contributed by atoms with Crippen molar-refractivity contribution in [1.82, 2.24) is 10.6 Å². The fourth-order valence-electron chi connectivity index (χ4n) is 2.24. The second kappa shape index (κ2) is 3.76. The van der Waals surface area contributed by atoms with E-state index in [1.807, 2.05) is 0 Å². The summed E-state index contributed by atoms with van der Waals surface area (Å²) in [5, 5.41) is 6.29. The van der Waals surface area contributed by atoms with Gasteiger partial charge in [0.25, 0.3) is 0 Å². The summed E-state index contributed by atoms with van der Waals surface area (Å²) in [7, 11) is 1.69. The molecule has 1 heterocycles. The smallest absolute Gasteiger partial charge is 0.224 e. The first-order valence-electron chi connectivity index (χ1n) is 5.58. The fraction of sp³-hybridized carbons (Fsp3) is 0.909. The molecule has 2 N–H and O–H groups in total. The lowest BCUT2D eigenvalue weighted by Gasteiger charge is -2.18. The molecule has 2 rings (SSSR count). The largest absolute Gasteiger partial charge is 0.378 e. The molecule has 15 heavy (non-hydrogen) atoms. The molecule has 2 unspecified atom stereocenters. The number of hydrogen-bond donors (Lipinski definition) is 2. The Balaban J connectivity index is 1.84. The maximum Gasteiger partial charge on any atom is 0.224 e. The third-order valence-electron chi connectivity index (χ3n) is 3.62. The number of rotatable bonds is 3. The molecule has 1 aliphatic heterocycles. The third-order valence-corrected chi connectivity index (χ3v) is 3.62. The summed E-state index contributed by atoms with van der Waals surface area (Å²) in [6, 6.07) is 0.138. The Hall–Kier alpha value is -0.610. The van der Waals surface area contributed by atoms with Crippen molar-refractivity contribution in [2.45, 2.75) is 32.4 Å². The molecule has 4 nitrogen and oxygen atoms in total. The van der Waals surface area contributed by atoms with Gasteiger partial charge in [0.15, 0.2) is 0 Å². The summed E-state index contributed by atoms with van der Waals surface area (Å²) in [6.45, 7) is 5.92. The molecule has 1 aliphatic carbocycles. The van der Waals surface area contributed by atoms with Crippen molar-refractivity contribution < 1.29 is 9.53 Å².